The smallest absolute Gasteiger partial charge is 0.0296 e. The molecule has 0 bridgehead atoms. The molecule has 1 N–H and O–H groups in total. The summed E-state index contributed by atoms with van der Waals surface area (Å²) in [6, 6.07) is 14.6. The van der Waals surface area contributed by atoms with Crippen LogP contribution in [-0.2, 0) is 0 Å². The van der Waals surface area contributed by atoms with E-state index < -0.39 is 0 Å². The predicted molar refractivity (Wildman–Crippen MR) is 76.1 cm³/mol. The molecule has 0 saturated heterocycles. The van der Waals surface area contributed by atoms with Crippen LogP contribution in [-0.4, -0.2) is 11.5 Å². The van der Waals surface area contributed by atoms with E-state index in [0.717, 1.165) is 12.1 Å². The van der Waals surface area contributed by atoms with Crippen LogP contribution in [0.25, 0.3) is 5.57 Å². The Morgan fingerprint density at radius 3 is 2.50 bits per heavy atom. The first-order valence-electron chi connectivity index (χ1n) is 6.14. The Bertz CT molecular complexity index is 491. The lowest BCUT2D eigenvalue weighted by Gasteiger charge is -2.15. The minimum absolute atomic E-state index is 0.300. The zero-order valence-electron chi connectivity index (χ0n) is 10.6. The number of nitrogens with zero attached hydrogens (tertiary/aromatic N) is 1. The first kappa shape index (κ1) is 12.5. The molecule has 2 heteroatoms. The third kappa shape index (κ3) is 3.28. The lowest BCUT2D eigenvalue weighted by molar-refractivity contribution is 0.622. The Balaban J connectivity index is 1.91. The fraction of sp³-hybridized carbons (Fsp3) is 0.188. The summed E-state index contributed by atoms with van der Waals surface area (Å²) in [5, 5.41) is 3.47. The molecule has 0 unspecified atom stereocenters. The van der Waals surface area contributed by atoms with Gasteiger partial charge >= 0.3 is 0 Å². The third-order valence-corrected chi connectivity index (χ3v) is 3.01. The van der Waals surface area contributed by atoms with Crippen molar-refractivity contribution in [3.05, 3.63) is 72.6 Å². The highest BCUT2D eigenvalue weighted by Gasteiger charge is 2.05. The molecule has 0 aliphatic heterocycles. The molecule has 0 aliphatic rings. The summed E-state index contributed by atoms with van der Waals surface area (Å²) >= 11 is 0. The number of hydrogen-bond acceptors (Lipinski definition) is 2. The van der Waals surface area contributed by atoms with Crippen LogP contribution in [0.4, 0.5) is 0 Å². The molecule has 0 aliphatic carbocycles. The average molecular weight is 238 g/mol. The van der Waals surface area contributed by atoms with E-state index in [0.29, 0.717) is 6.04 Å². The van der Waals surface area contributed by atoms with Gasteiger partial charge in [0.1, 0.15) is 0 Å². The van der Waals surface area contributed by atoms with Crippen LogP contribution >= 0.6 is 0 Å². The van der Waals surface area contributed by atoms with Crippen molar-refractivity contribution in [1.82, 2.24) is 10.3 Å². The van der Waals surface area contributed by atoms with Gasteiger partial charge < -0.3 is 5.32 Å². The molecule has 0 saturated carbocycles. The summed E-state index contributed by atoms with van der Waals surface area (Å²) in [4.78, 5) is 4.03. The molecule has 1 aromatic carbocycles. The molecule has 2 nitrogen and oxygen atoms in total. The van der Waals surface area contributed by atoms with E-state index in [1.54, 1.807) is 0 Å². The molecule has 0 spiro atoms. The standard InChI is InChI=1S/C16H18N2/c1-13(15-6-4-3-5-7-15)12-18-14(2)16-8-10-17-11-9-16/h3-11,14,18H,1,12H2,2H3/t14-/m0/s1. The van der Waals surface area contributed by atoms with Gasteiger partial charge in [-0.2, -0.15) is 0 Å². The van der Waals surface area contributed by atoms with Crippen LogP contribution < -0.4 is 5.32 Å². The van der Waals surface area contributed by atoms with E-state index >= 15 is 0 Å². The second-order valence-electron chi connectivity index (χ2n) is 4.35. The zero-order chi connectivity index (χ0) is 12.8. The Hall–Kier alpha value is -1.93. The Morgan fingerprint density at radius 2 is 1.83 bits per heavy atom. The Morgan fingerprint density at radius 1 is 1.17 bits per heavy atom. The summed E-state index contributed by atoms with van der Waals surface area (Å²) in [5.74, 6) is 0. The highest BCUT2D eigenvalue weighted by molar-refractivity contribution is 5.64. The molecule has 92 valence electrons. The number of benzene rings is 1. The van der Waals surface area contributed by atoms with Gasteiger partial charge in [0.2, 0.25) is 0 Å². The summed E-state index contributed by atoms with van der Waals surface area (Å²) < 4.78 is 0. The summed E-state index contributed by atoms with van der Waals surface area (Å²) in [6.07, 6.45) is 3.64. The van der Waals surface area contributed by atoms with Crippen LogP contribution in [0.2, 0.25) is 0 Å². The molecular formula is C16H18N2. The molecule has 2 rings (SSSR count). The van der Waals surface area contributed by atoms with E-state index in [-0.39, 0.29) is 0 Å². The first-order chi connectivity index (χ1) is 8.77. The van der Waals surface area contributed by atoms with Gasteiger partial charge in [0, 0.05) is 25.0 Å². The molecule has 1 heterocycles. The second-order valence-corrected chi connectivity index (χ2v) is 4.35. The van der Waals surface area contributed by atoms with E-state index in [2.05, 4.69) is 35.9 Å². The molecular weight excluding hydrogens is 220 g/mol. The number of pyridine rings is 1. The topological polar surface area (TPSA) is 24.9 Å². The normalized spacial score (nSPS) is 12.1. The number of nitrogens with one attached hydrogen (secondary N) is 1. The van der Waals surface area contributed by atoms with E-state index in [1.807, 2.05) is 42.7 Å². The monoisotopic (exact) mass is 238 g/mol. The SMILES string of the molecule is C=C(CN[C@@H](C)c1ccncc1)c1ccccc1. The minimum Gasteiger partial charge on any atom is -0.306 e. The van der Waals surface area contributed by atoms with Gasteiger partial charge in [-0.25, -0.2) is 0 Å². The predicted octanol–water partition coefficient (Wildman–Crippen LogP) is 3.45. The van der Waals surface area contributed by atoms with Gasteiger partial charge in [-0.3, -0.25) is 4.98 Å². The van der Waals surface area contributed by atoms with Gasteiger partial charge in [-0.1, -0.05) is 36.9 Å². The largest absolute Gasteiger partial charge is 0.306 e. The second kappa shape index (κ2) is 6.12. The maximum absolute atomic E-state index is 4.12. The lowest BCUT2D eigenvalue weighted by Crippen LogP contribution is -2.20. The highest BCUT2D eigenvalue weighted by Crippen LogP contribution is 2.14. The van der Waals surface area contributed by atoms with Crippen LogP contribution in [0.1, 0.15) is 24.1 Å². The molecule has 18 heavy (non-hydrogen) atoms. The highest BCUT2D eigenvalue weighted by atomic mass is 14.9. The van der Waals surface area contributed by atoms with Gasteiger partial charge in [-0.15, -0.1) is 0 Å². The van der Waals surface area contributed by atoms with Crippen LogP contribution in [0, 0.1) is 0 Å². The van der Waals surface area contributed by atoms with Crippen molar-refractivity contribution < 1.29 is 0 Å². The van der Waals surface area contributed by atoms with E-state index in [4.69, 9.17) is 0 Å². The zero-order valence-corrected chi connectivity index (χ0v) is 10.6. The third-order valence-electron chi connectivity index (χ3n) is 3.01. The molecule has 1 atom stereocenters. The maximum Gasteiger partial charge on any atom is 0.0296 e. The lowest BCUT2D eigenvalue weighted by atomic mass is 10.1. The van der Waals surface area contributed by atoms with Crippen molar-refractivity contribution in [2.24, 2.45) is 0 Å². The molecule has 0 fully saturated rings. The van der Waals surface area contributed by atoms with Crippen molar-refractivity contribution in [3.8, 4) is 0 Å². The number of hydrogen-bond donors (Lipinski definition) is 1. The van der Waals surface area contributed by atoms with Crippen molar-refractivity contribution in [3.63, 3.8) is 0 Å². The van der Waals surface area contributed by atoms with Gasteiger partial charge in [0.05, 0.1) is 0 Å². The number of rotatable bonds is 5. The van der Waals surface area contributed by atoms with Crippen LogP contribution in [0.3, 0.4) is 0 Å². The molecule has 0 radical (unpaired) electrons. The fourth-order valence-electron chi connectivity index (χ4n) is 1.82. The van der Waals surface area contributed by atoms with Gasteiger partial charge in [-0.05, 0) is 35.8 Å². The van der Waals surface area contributed by atoms with Crippen molar-refractivity contribution in [1.29, 1.82) is 0 Å². The Kier molecular flexibility index (Phi) is 4.26. The first-order valence-corrected chi connectivity index (χ1v) is 6.14. The summed E-state index contributed by atoms with van der Waals surface area (Å²) in [5.41, 5.74) is 3.54. The Labute approximate surface area is 108 Å². The fourth-order valence-corrected chi connectivity index (χ4v) is 1.82. The van der Waals surface area contributed by atoms with Crippen LogP contribution in [0.15, 0.2) is 61.4 Å². The quantitative estimate of drug-likeness (QED) is 0.863. The molecule has 2 aromatic rings. The van der Waals surface area contributed by atoms with Crippen LogP contribution in [0.5, 0.6) is 0 Å². The van der Waals surface area contributed by atoms with Crippen molar-refractivity contribution in [2.45, 2.75) is 13.0 Å². The van der Waals surface area contributed by atoms with Gasteiger partial charge in [0.25, 0.3) is 0 Å². The summed E-state index contributed by atoms with van der Waals surface area (Å²) in [6.45, 7) is 7.05. The van der Waals surface area contributed by atoms with E-state index in [1.165, 1.54) is 11.1 Å². The maximum atomic E-state index is 4.12. The average Bonchev–Trinajstić information content (AvgIpc) is 2.46. The minimum atomic E-state index is 0.300. The molecule has 1 aromatic heterocycles. The van der Waals surface area contributed by atoms with Crippen molar-refractivity contribution in [2.75, 3.05) is 6.54 Å². The summed E-state index contributed by atoms with van der Waals surface area (Å²) in [7, 11) is 0. The number of aromatic nitrogens is 1. The van der Waals surface area contributed by atoms with Gasteiger partial charge in [0.15, 0.2) is 0 Å². The van der Waals surface area contributed by atoms with E-state index in [9.17, 15) is 0 Å². The molecule has 0 amide bonds. The van der Waals surface area contributed by atoms with Crippen molar-refractivity contribution >= 4 is 5.57 Å².